The minimum atomic E-state index is -0.423. The molecular formula is C19H17BrN4O3. The SMILES string of the molecule is O=C(CCCNC(=O)c1ccccc1)N=Nc1c(O)[nH]c2ccc(Br)cc12. The van der Waals surface area contributed by atoms with Crippen molar-refractivity contribution in [1.82, 2.24) is 10.3 Å². The monoisotopic (exact) mass is 428 g/mol. The van der Waals surface area contributed by atoms with E-state index in [9.17, 15) is 14.7 Å². The zero-order chi connectivity index (χ0) is 19.2. The molecule has 138 valence electrons. The predicted molar refractivity (Wildman–Crippen MR) is 105 cm³/mol. The van der Waals surface area contributed by atoms with E-state index in [1.807, 2.05) is 12.1 Å². The second-order valence-corrected chi connectivity index (χ2v) is 6.75. The van der Waals surface area contributed by atoms with Crippen molar-refractivity contribution in [3.05, 3.63) is 58.6 Å². The van der Waals surface area contributed by atoms with E-state index < -0.39 is 5.91 Å². The third-order valence-electron chi connectivity index (χ3n) is 3.86. The summed E-state index contributed by atoms with van der Waals surface area (Å²) in [5, 5.41) is 20.9. The fraction of sp³-hybridized carbons (Fsp3) is 0.158. The Morgan fingerprint density at radius 3 is 2.70 bits per heavy atom. The highest BCUT2D eigenvalue weighted by atomic mass is 79.9. The van der Waals surface area contributed by atoms with E-state index in [4.69, 9.17) is 0 Å². The number of azo groups is 1. The quantitative estimate of drug-likeness (QED) is 0.398. The predicted octanol–water partition coefficient (Wildman–Crippen LogP) is 4.46. The summed E-state index contributed by atoms with van der Waals surface area (Å²) in [6.07, 6.45) is 0.590. The van der Waals surface area contributed by atoms with Crippen molar-refractivity contribution >= 4 is 44.3 Å². The number of aromatic amines is 1. The summed E-state index contributed by atoms with van der Waals surface area (Å²) in [7, 11) is 0. The Labute approximate surface area is 163 Å². The van der Waals surface area contributed by atoms with Crippen LogP contribution in [0.1, 0.15) is 23.2 Å². The molecule has 0 atom stereocenters. The Bertz CT molecular complexity index is 999. The number of nitrogens with zero attached hydrogens (tertiary/aromatic N) is 2. The van der Waals surface area contributed by atoms with Crippen LogP contribution in [0.4, 0.5) is 5.69 Å². The summed E-state index contributed by atoms with van der Waals surface area (Å²) in [5.74, 6) is -0.749. The zero-order valence-electron chi connectivity index (χ0n) is 14.3. The van der Waals surface area contributed by atoms with Crippen molar-refractivity contribution in [3.63, 3.8) is 0 Å². The van der Waals surface area contributed by atoms with Crippen molar-refractivity contribution < 1.29 is 14.7 Å². The topological polar surface area (TPSA) is 107 Å². The van der Waals surface area contributed by atoms with Gasteiger partial charge < -0.3 is 15.4 Å². The van der Waals surface area contributed by atoms with Gasteiger partial charge in [0.05, 0.1) is 5.52 Å². The van der Waals surface area contributed by atoms with Gasteiger partial charge >= 0.3 is 0 Å². The van der Waals surface area contributed by atoms with Gasteiger partial charge in [0.2, 0.25) is 5.88 Å². The van der Waals surface area contributed by atoms with Gasteiger partial charge in [0.25, 0.3) is 11.8 Å². The average molecular weight is 429 g/mol. The molecule has 0 aliphatic carbocycles. The van der Waals surface area contributed by atoms with Crippen molar-refractivity contribution in [2.45, 2.75) is 12.8 Å². The Kier molecular flexibility index (Phi) is 5.97. The van der Waals surface area contributed by atoms with E-state index in [0.717, 1.165) is 4.47 Å². The second kappa shape index (κ2) is 8.59. The molecule has 1 aromatic heterocycles. The van der Waals surface area contributed by atoms with Gasteiger partial charge in [-0.15, -0.1) is 10.2 Å². The van der Waals surface area contributed by atoms with E-state index in [-0.39, 0.29) is 23.9 Å². The van der Waals surface area contributed by atoms with Gasteiger partial charge in [-0.1, -0.05) is 34.1 Å². The maximum absolute atomic E-state index is 11.9. The maximum atomic E-state index is 11.9. The van der Waals surface area contributed by atoms with Crippen molar-refractivity contribution in [2.24, 2.45) is 10.2 Å². The number of hydrogen-bond donors (Lipinski definition) is 3. The number of rotatable bonds is 6. The molecule has 0 aliphatic rings. The number of amides is 2. The highest BCUT2D eigenvalue weighted by molar-refractivity contribution is 9.10. The van der Waals surface area contributed by atoms with E-state index in [1.165, 1.54) is 0 Å². The molecule has 0 radical (unpaired) electrons. The molecule has 3 aromatic rings. The van der Waals surface area contributed by atoms with Crippen LogP contribution in [0.25, 0.3) is 10.9 Å². The molecule has 0 fully saturated rings. The number of aromatic hydroxyl groups is 1. The molecule has 1 heterocycles. The summed E-state index contributed by atoms with van der Waals surface area (Å²) in [6, 6.07) is 14.3. The first-order valence-electron chi connectivity index (χ1n) is 8.32. The maximum Gasteiger partial charge on any atom is 0.264 e. The number of carbonyl (C=O) groups excluding carboxylic acids is 2. The van der Waals surface area contributed by atoms with E-state index in [2.05, 4.69) is 36.5 Å². The second-order valence-electron chi connectivity index (χ2n) is 5.83. The van der Waals surface area contributed by atoms with Crippen LogP contribution in [-0.2, 0) is 4.79 Å². The first-order valence-corrected chi connectivity index (χ1v) is 9.12. The highest BCUT2D eigenvalue weighted by Crippen LogP contribution is 2.36. The lowest BCUT2D eigenvalue weighted by molar-refractivity contribution is -0.118. The largest absolute Gasteiger partial charge is 0.493 e. The van der Waals surface area contributed by atoms with Gasteiger partial charge in [0.15, 0.2) is 5.69 Å². The Balaban J connectivity index is 1.52. The fourth-order valence-corrected chi connectivity index (χ4v) is 2.89. The third-order valence-corrected chi connectivity index (χ3v) is 4.36. The summed E-state index contributed by atoms with van der Waals surface area (Å²) in [5.41, 5.74) is 1.49. The molecular weight excluding hydrogens is 412 g/mol. The van der Waals surface area contributed by atoms with Crippen molar-refractivity contribution in [2.75, 3.05) is 6.54 Å². The molecule has 0 spiro atoms. The molecule has 2 aromatic carbocycles. The van der Waals surface area contributed by atoms with Crippen LogP contribution < -0.4 is 5.32 Å². The van der Waals surface area contributed by atoms with Crippen LogP contribution in [0, 0.1) is 0 Å². The summed E-state index contributed by atoms with van der Waals surface area (Å²) in [6.45, 7) is 0.361. The van der Waals surface area contributed by atoms with Crippen LogP contribution >= 0.6 is 15.9 Å². The number of benzene rings is 2. The smallest absolute Gasteiger partial charge is 0.264 e. The van der Waals surface area contributed by atoms with Gasteiger partial charge in [0.1, 0.15) is 0 Å². The third kappa shape index (κ3) is 4.79. The molecule has 0 saturated carbocycles. The number of fused-ring (bicyclic) bond motifs is 1. The van der Waals surface area contributed by atoms with E-state index in [1.54, 1.807) is 36.4 Å². The molecule has 0 unspecified atom stereocenters. The molecule has 0 bridgehead atoms. The number of hydrogen-bond acceptors (Lipinski definition) is 4. The molecule has 27 heavy (non-hydrogen) atoms. The van der Waals surface area contributed by atoms with Crippen LogP contribution in [0.5, 0.6) is 5.88 Å². The minimum absolute atomic E-state index is 0.144. The van der Waals surface area contributed by atoms with E-state index >= 15 is 0 Å². The summed E-state index contributed by atoms with van der Waals surface area (Å²) >= 11 is 3.36. The molecule has 8 heteroatoms. The standard InChI is InChI=1S/C19H17BrN4O3/c20-13-8-9-15-14(11-13)17(19(27)22-15)24-23-16(25)7-4-10-21-18(26)12-5-2-1-3-6-12/h1-3,5-6,8-9,11,22,27H,4,7,10H2,(H,21,26). The van der Waals surface area contributed by atoms with Crippen LogP contribution in [-0.4, -0.2) is 28.4 Å². The summed E-state index contributed by atoms with van der Waals surface area (Å²) < 4.78 is 0.825. The number of H-pyrrole nitrogens is 1. The first kappa shape index (κ1) is 18.8. The first-order chi connectivity index (χ1) is 13.0. The van der Waals surface area contributed by atoms with Crippen LogP contribution in [0.15, 0.2) is 63.2 Å². The fourth-order valence-electron chi connectivity index (χ4n) is 2.53. The summed E-state index contributed by atoms with van der Waals surface area (Å²) in [4.78, 5) is 26.6. The van der Waals surface area contributed by atoms with Gasteiger partial charge in [-0.2, -0.15) is 0 Å². The lowest BCUT2D eigenvalue weighted by Gasteiger charge is -2.03. The molecule has 3 rings (SSSR count). The molecule has 0 saturated heterocycles. The molecule has 7 nitrogen and oxygen atoms in total. The molecule has 3 N–H and O–H groups in total. The van der Waals surface area contributed by atoms with Crippen molar-refractivity contribution in [1.29, 1.82) is 0 Å². The zero-order valence-corrected chi connectivity index (χ0v) is 15.9. The highest BCUT2D eigenvalue weighted by Gasteiger charge is 2.11. The minimum Gasteiger partial charge on any atom is -0.493 e. The molecule has 2 amide bonds. The van der Waals surface area contributed by atoms with Gasteiger partial charge in [0, 0.05) is 28.4 Å². The number of aromatic nitrogens is 1. The Morgan fingerprint density at radius 2 is 1.93 bits per heavy atom. The normalized spacial score (nSPS) is 11.1. The van der Waals surface area contributed by atoms with Gasteiger partial charge in [-0.25, -0.2) is 0 Å². The van der Waals surface area contributed by atoms with Gasteiger partial charge in [-0.3, -0.25) is 9.59 Å². The number of nitrogens with one attached hydrogen (secondary N) is 2. The lowest BCUT2D eigenvalue weighted by Crippen LogP contribution is -2.24. The average Bonchev–Trinajstić information content (AvgIpc) is 2.98. The Hall–Kier alpha value is -3.00. The van der Waals surface area contributed by atoms with E-state index in [0.29, 0.717) is 29.4 Å². The number of carbonyl (C=O) groups is 2. The van der Waals surface area contributed by atoms with Gasteiger partial charge in [-0.05, 0) is 36.8 Å². The molecule has 0 aliphatic heterocycles. The lowest BCUT2D eigenvalue weighted by atomic mass is 10.2. The van der Waals surface area contributed by atoms with Crippen LogP contribution in [0.2, 0.25) is 0 Å². The van der Waals surface area contributed by atoms with Crippen molar-refractivity contribution in [3.8, 4) is 5.88 Å². The number of halogens is 1. The Morgan fingerprint density at radius 1 is 1.15 bits per heavy atom. The van der Waals surface area contributed by atoms with Crippen LogP contribution in [0.3, 0.4) is 0 Å².